The van der Waals surface area contributed by atoms with E-state index >= 15 is 0 Å². The summed E-state index contributed by atoms with van der Waals surface area (Å²) in [7, 11) is 0. The van der Waals surface area contributed by atoms with Gasteiger partial charge in [0.1, 0.15) is 23.6 Å². The number of nitrogens with one attached hydrogen (secondary N) is 2. The number of nitrogens with zero attached hydrogens (tertiary/aromatic N) is 1. The third-order valence-electron chi connectivity index (χ3n) is 5.08. The van der Waals surface area contributed by atoms with Gasteiger partial charge in [-0.25, -0.2) is 9.37 Å². The Labute approximate surface area is 173 Å². The molecule has 0 aliphatic heterocycles. The number of aryl methyl sites for hydroxylation is 2. The summed E-state index contributed by atoms with van der Waals surface area (Å²) in [5, 5.41) is 3.79. The predicted octanol–water partition coefficient (Wildman–Crippen LogP) is 4.83. The molecule has 0 saturated carbocycles. The van der Waals surface area contributed by atoms with Crippen LogP contribution < -0.4 is 10.1 Å². The van der Waals surface area contributed by atoms with Gasteiger partial charge in [0.05, 0.1) is 0 Å². The van der Waals surface area contributed by atoms with Gasteiger partial charge < -0.3 is 15.0 Å². The van der Waals surface area contributed by atoms with E-state index in [-0.39, 0.29) is 24.0 Å². The van der Waals surface area contributed by atoms with E-state index in [1.807, 2.05) is 44.2 Å². The molecule has 2 aromatic heterocycles. The van der Waals surface area contributed by atoms with Gasteiger partial charge in [0.25, 0.3) is 5.91 Å². The number of aromatic amines is 1. The van der Waals surface area contributed by atoms with Gasteiger partial charge >= 0.3 is 0 Å². The minimum Gasteiger partial charge on any atom is -0.471 e. The fourth-order valence-electron chi connectivity index (χ4n) is 3.24. The number of benzene rings is 2. The lowest BCUT2D eigenvalue weighted by Crippen LogP contribution is -2.24. The average Bonchev–Trinajstić information content (AvgIpc) is 3.06. The Hall–Kier alpha value is -3.67. The number of hydrogen-bond donors (Lipinski definition) is 2. The smallest absolute Gasteiger partial charge is 0.270 e. The minimum atomic E-state index is -0.299. The molecule has 2 N–H and O–H groups in total. The zero-order chi connectivity index (χ0) is 21.1. The van der Waals surface area contributed by atoms with E-state index in [0.717, 1.165) is 33.3 Å². The van der Waals surface area contributed by atoms with Gasteiger partial charge in [0.15, 0.2) is 0 Å². The molecule has 2 aromatic carbocycles. The standard InChI is InChI=1S/C24H22FN3O2/c1-15-16(2)27-22-20(15)12-21(23(29)26-13-17-6-4-3-5-7-17)28-24(22)30-14-18-8-10-19(25)11-9-18/h3-12,27H,13-14H2,1-2H3,(H,26,29). The maximum Gasteiger partial charge on any atom is 0.270 e. The van der Waals surface area contributed by atoms with Crippen molar-refractivity contribution in [1.29, 1.82) is 0 Å². The zero-order valence-electron chi connectivity index (χ0n) is 16.8. The van der Waals surface area contributed by atoms with E-state index in [4.69, 9.17) is 4.74 Å². The second kappa shape index (κ2) is 8.37. The molecule has 30 heavy (non-hydrogen) atoms. The highest BCUT2D eigenvalue weighted by Crippen LogP contribution is 2.29. The van der Waals surface area contributed by atoms with Gasteiger partial charge in [-0.2, -0.15) is 0 Å². The number of carbonyl (C=O) groups excluding carboxylic acids is 1. The quantitative estimate of drug-likeness (QED) is 0.485. The minimum absolute atomic E-state index is 0.217. The van der Waals surface area contributed by atoms with Gasteiger partial charge in [-0.05, 0) is 48.7 Å². The molecular formula is C24H22FN3O2. The topological polar surface area (TPSA) is 67.0 Å². The number of hydrogen-bond acceptors (Lipinski definition) is 3. The van der Waals surface area contributed by atoms with Crippen LogP contribution in [-0.4, -0.2) is 15.9 Å². The Bertz CT molecular complexity index is 1180. The summed E-state index contributed by atoms with van der Waals surface area (Å²) >= 11 is 0. The first-order valence-electron chi connectivity index (χ1n) is 9.70. The Kier molecular flexibility index (Phi) is 5.48. The van der Waals surface area contributed by atoms with Crippen molar-refractivity contribution >= 4 is 16.8 Å². The number of H-pyrrole nitrogens is 1. The van der Waals surface area contributed by atoms with Crippen molar-refractivity contribution < 1.29 is 13.9 Å². The Balaban J connectivity index is 1.60. The van der Waals surface area contributed by atoms with Crippen LogP contribution >= 0.6 is 0 Å². The highest BCUT2D eigenvalue weighted by atomic mass is 19.1. The number of carbonyl (C=O) groups is 1. The molecule has 5 nitrogen and oxygen atoms in total. The van der Waals surface area contributed by atoms with Crippen molar-refractivity contribution in [2.45, 2.75) is 27.0 Å². The predicted molar refractivity (Wildman–Crippen MR) is 114 cm³/mol. The number of pyridine rings is 1. The van der Waals surface area contributed by atoms with Crippen molar-refractivity contribution in [3.63, 3.8) is 0 Å². The van der Waals surface area contributed by atoms with Crippen molar-refractivity contribution in [1.82, 2.24) is 15.3 Å². The summed E-state index contributed by atoms with van der Waals surface area (Å²) in [5.74, 6) is -0.226. The first-order valence-corrected chi connectivity index (χ1v) is 9.70. The molecule has 0 spiro atoms. The fourth-order valence-corrected chi connectivity index (χ4v) is 3.24. The van der Waals surface area contributed by atoms with Gasteiger partial charge in [-0.15, -0.1) is 0 Å². The van der Waals surface area contributed by atoms with E-state index in [1.165, 1.54) is 12.1 Å². The van der Waals surface area contributed by atoms with E-state index in [0.29, 0.717) is 12.4 Å². The van der Waals surface area contributed by atoms with Crippen molar-refractivity contribution in [3.8, 4) is 5.88 Å². The molecule has 0 atom stereocenters. The molecule has 0 bridgehead atoms. The molecule has 0 unspecified atom stereocenters. The van der Waals surface area contributed by atoms with Crippen LogP contribution in [0.25, 0.3) is 10.9 Å². The van der Waals surface area contributed by atoms with Crippen molar-refractivity contribution in [2.75, 3.05) is 0 Å². The summed E-state index contributed by atoms with van der Waals surface area (Å²) in [6, 6.07) is 17.6. The number of fused-ring (bicyclic) bond motifs is 1. The third-order valence-corrected chi connectivity index (χ3v) is 5.08. The summed E-state index contributed by atoms with van der Waals surface area (Å²) in [6.07, 6.45) is 0. The molecule has 0 aliphatic rings. The summed E-state index contributed by atoms with van der Waals surface area (Å²) < 4.78 is 19.1. The summed E-state index contributed by atoms with van der Waals surface area (Å²) in [4.78, 5) is 20.5. The third kappa shape index (κ3) is 4.17. The molecule has 4 rings (SSSR count). The summed E-state index contributed by atoms with van der Waals surface area (Å²) in [5.41, 5.74) is 4.87. The first kappa shape index (κ1) is 19.6. The molecule has 0 radical (unpaired) electrons. The van der Waals surface area contributed by atoms with E-state index in [2.05, 4.69) is 15.3 Å². The monoisotopic (exact) mass is 403 g/mol. The van der Waals surface area contributed by atoms with Crippen LogP contribution in [0.5, 0.6) is 5.88 Å². The lowest BCUT2D eigenvalue weighted by Gasteiger charge is -2.10. The molecule has 6 heteroatoms. The lowest BCUT2D eigenvalue weighted by molar-refractivity contribution is 0.0945. The van der Waals surface area contributed by atoms with E-state index in [9.17, 15) is 9.18 Å². The number of rotatable bonds is 6. The average molecular weight is 403 g/mol. The van der Waals surface area contributed by atoms with Gasteiger partial charge in [-0.1, -0.05) is 42.5 Å². The van der Waals surface area contributed by atoms with Crippen LogP contribution in [0.1, 0.15) is 32.9 Å². The number of halogens is 1. The van der Waals surface area contributed by atoms with Crippen LogP contribution in [0.15, 0.2) is 60.7 Å². The molecule has 1 amide bonds. The van der Waals surface area contributed by atoms with E-state index < -0.39 is 0 Å². The zero-order valence-corrected chi connectivity index (χ0v) is 16.8. The fraction of sp³-hybridized carbons (Fsp3) is 0.167. The molecule has 2 heterocycles. The van der Waals surface area contributed by atoms with Crippen molar-refractivity contribution in [2.24, 2.45) is 0 Å². The number of ether oxygens (including phenoxy) is 1. The van der Waals surface area contributed by atoms with Crippen LogP contribution in [0.4, 0.5) is 4.39 Å². The molecule has 0 aliphatic carbocycles. The van der Waals surface area contributed by atoms with Gasteiger partial charge in [0.2, 0.25) is 5.88 Å². The highest BCUT2D eigenvalue weighted by Gasteiger charge is 2.17. The van der Waals surface area contributed by atoms with E-state index in [1.54, 1.807) is 18.2 Å². The van der Waals surface area contributed by atoms with Crippen molar-refractivity contribution in [3.05, 3.63) is 94.6 Å². The maximum absolute atomic E-state index is 13.1. The second-order valence-electron chi connectivity index (χ2n) is 7.19. The number of aromatic nitrogens is 2. The van der Waals surface area contributed by atoms with Crippen LogP contribution in [-0.2, 0) is 13.2 Å². The SMILES string of the molecule is Cc1[nH]c2c(OCc3ccc(F)cc3)nc(C(=O)NCc3ccccc3)cc2c1C. The largest absolute Gasteiger partial charge is 0.471 e. The normalized spacial score (nSPS) is 10.9. The lowest BCUT2D eigenvalue weighted by atomic mass is 10.1. The van der Waals surface area contributed by atoms with Gasteiger partial charge in [-0.3, -0.25) is 4.79 Å². The van der Waals surface area contributed by atoms with Crippen LogP contribution in [0, 0.1) is 19.7 Å². The molecular weight excluding hydrogens is 381 g/mol. The molecule has 0 fully saturated rings. The van der Waals surface area contributed by atoms with Crippen LogP contribution in [0.2, 0.25) is 0 Å². The molecule has 4 aromatic rings. The maximum atomic E-state index is 13.1. The Morgan fingerprint density at radius 1 is 1.07 bits per heavy atom. The second-order valence-corrected chi connectivity index (χ2v) is 7.19. The first-order chi connectivity index (χ1) is 14.5. The highest BCUT2D eigenvalue weighted by molar-refractivity contribution is 5.98. The Morgan fingerprint density at radius 3 is 2.53 bits per heavy atom. The van der Waals surface area contributed by atoms with Crippen LogP contribution in [0.3, 0.4) is 0 Å². The van der Waals surface area contributed by atoms with Gasteiger partial charge in [0, 0.05) is 17.6 Å². The number of amides is 1. The summed E-state index contributed by atoms with van der Waals surface area (Å²) in [6.45, 7) is 4.59. The molecule has 0 saturated heterocycles. The Morgan fingerprint density at radius 2 is 1.80 bits per heavy atom. The molecule has 152 valence electrons.